The maximum Gasteiger partial charge on any atom is 0.187 e. The molecule has 0 bridgehead atoms. The average molecular weight is 389 g/mol. The van der Waals surface area contributed by atoms with Crippen LogP contribution in [0.1, 0.15) is 20.3 Å². The fourth-order valence-electron chi connectivity index (χ4n) is 1.60. The third-order valence-electron chi connectivity index (χ3n) is 3.06. The number of nitrogens with zero attached hydrogens (tertiary/aromatic N) is 4. The molecule has 0 saturated heterocycles. The van der Waals surface area contributed by atoms with Crippen LogP contribution in [-0.4, -0.2) is 85.8 Å². The van der Waals surface area contributed by atoms with Crippen molar-refractivity contribution in [3.8, 4) is 0 Å². The fourth-order valence-corrected chi connectivity index (χ4v) is 1.89. The van der Waals surface area contributed by atoms with Crippen molar-refractivity contribution in [1.29, 1.82) is 0 Å². The van der Waals surface area contributed by atoms with Crippen LogP contribution in [0.25, 0.3) is 0 Å². The van der Waals surface area contributed by atoms with Gasteiger partial charge < -0.3 is 20.4 Å². The van der Waals surface area contributed by atoms with Crippen LogP contribution < -0.4 is 21.5 Å². The topological polar surface area (TPSA) is 79.3 Å². The van der Waals surface area contributed by atoms with E-state index in [1.54, 1.807) is 0 Å². The van der Waals surface area contributed by atoms with Gasteiger partial charge in [-0.05, 0) is 66.0 Å². The monoisotopic (exact) mass is 388 g/mol. The van der Waals surface area contributed by atoms with E-state index in [0.717, 1.165) is 44.0 Å². The van der Waals surface area contributed by atoms with Gasteiger partial charge in [0.1, 0.15) is 0 Å². The molecule has 144 valence electrons. The minimum atomic E-state index is 0.491. The number of rotatable bonds is 10. The maximum atomic E-state index is 5.20. The molecule has 0 heterocycles. The van der Waals surface area contributed by atoms with Crippen molar-refractivity contribution in [2.24, 2.45) is 10.2 Å². The number of likely N-dealkylation sites (N-methyl/N-ethyl adjacent to an activating group) is 2. The lowest BCUT2D eigenvalue weighted by atomic mass is 10.2. The number of thiocarbonyl (C=S) groups is 2. The summed E-state index contributed by atoms with van der Waals surface area (Å²) in [4.78, 5) is 4.15. The third kappa shape index (κ3) is 13.6. The molecule has 0 aliphatic rings. The van der Waals surface area contributed by atoms with Gasteiger partial charge >= 0.3 is 0 Å². The van der Waals surface area contributed by atoms with E-state index in [2.05, 4.69) is 41.5 Å². The molecule has 0 spiro atoms. The molecule has 0 aliphatic carbocycles. The van der Waals surface area contributed by atoms with Crippen LogP contribution in [0.3, 0.4) is 0 Å². The molecular formula is C15H32N8S2. The van der Waals surface area contributed by atoms with Gasteiger partial charge in [0.15, 0.2) is 10.2 Å². The summed E-state index contributed by atoms with van der Waals surface area (Å²) >= 11 is 10.4. The lowest BCUT2D eigenvalue weighted by molar-refractivity contribution is 0.412. The molecule has 0 aromatic rings. The molecule has 0 unspecified atom stereocenters. The molecule has 0 aliphatic heterocycles. The molecule has 0 atom stereocenters. The van der Waals surface area contributed by atoms with Crippen LogP contribution in [0.4, 0.5) is 0 Å². The predicted octanol–water partition coefficient (Wildman–Crippen LogP) is 0.180. The summed E-state index contributed by atoms with van der Waals surface area (Å²) in [7, 11) is 8.05. The number of hydrazone groups is 2. The zero-order chi connectivity index (χ0) is 19.2. The van der Waals surface area contributed by atoms with Crippen molar-refractivity contribution < 1.29 is 0 Å². The van der Waals surface area contributed by atoms with Crippen LogP contribution in [0.5, 0.6) is 0 Å². The van der Waals surface area contributed by atoms with Crippen molar-refractivity contribution in [3.05, 3.63) is 0 Å². The summed E-state index contributed by atoms with van der Waals surface area (Å²) in [6.45, 7) is 7.20. The maximum absolute atomic E-state index is 5.20. The van der Waals surface area contributed by atoms with Crippen molar-refractivity contribution in [2.75, 3.05) is 54.4 Å². The predicted molar refractivity (Wildman–Crippen MR) is 115 cm³/mol. The van der Waals surface area contributed by atoms with E-state index in [0.29, 0.717) is 10.2 Å². The first-order valence-electron chi connectivity index (χ1n) is 8.24. The zero-order valence-corrected chi connectivity index (χ0v) is 17.8. The quantitative estimate of drug-likeness (QED) is 0.240. The second-order valence-corrected chi connectivity index (χ2v) is 6.77. The lowest BCUT2D eigenvalue weighted by Crippen LogP contribution is -2.38. The summed E-state index contributed by atoms with van der Waals surface area (Å²) in [5.74, 6) is 0. The third-order valence-corrected chi connectivity index (χ3v) is 3.53. The lowest BCUT2D eigenvalue weighted by Gasteiger charge is -2.13. The van der Waals surface area contributed by atoms with Gasteiger partial charge in [-0.3, -0.25) is 10.9 Å². The standard InChI is InChI=1S/C15H32N8S2/c1-7-13(19-21-15(25)17-9-11-23(5)6)12(2)18-20-14(24)16-8-10-22(3)4/h7-11H2,1-6H3,(H2,16,20,24)(H2,17,21,25)/b18-12+,19-13+. The van der Waals surface area contributed by atoms with E-state index in [-0.39, 0.29) is 0 Å². The van der Waals surface area contributed by atoms with Crippen molar-refractivity contribution in [2.45, 2.75) is 20.3 Å². The molecule has 0 aromatic carbocycles. The normalized spacial score (nSPS) is 12.3. The van der Waals surface area contributed by atoms with Crippen LogP contribution in [0.2, 0.25) is 0 Å². The SMILES string of the molecule is CCC(=N\NC(=S)NCCN(C)C)/C(C)=N/NC(=S)NCCN(C)C. The molecule has 8 nitrogen and oxygen atoms in total. The Balaban J connectivity index is 4.35. The number of hydrogen-bond donors (Lipinski definition) is 4. The van der Waals surface area contributed by atoms with E-state index < -0.39 is 0 Å². The van der Waals surface area contributed by atoms with Crippen molar-refractivity contribution in [3.63, 3.8) is 0 Å². The highest BCUT2D eigenvalue weighted by Crippen LogP contribution is 1.90. The molecular weight excluding hydrogens is 356 g/mol. The van der Waals surface area contributed by atoms with Gasteiger partial charge in [-0.2, -0.15) is 10.2 Å². The Kier molecular flexibility index (Phi) is 13.1. The fraction of sp³-hybridized carbons (Fsp3) is 0.733. The molecule has 25 heavy (non-hydrogen) atoms. The second kappa shape index (κ2) is 13.9. The summed E-state index contributed by atoms with van der Waals surface area (Å²) in [6.07, 6.45) is 0.727. The molecule has 10 heteroatoms. The molecule has 0 aromatic heterocycles. The summed E-state index contributed by atoms with van der Waals surface area (Å²) in [6, 6.07) is 0. The van der Waals surface area contributed by atoms with Gasteiger partial charge in [0.25, 0.3) is 0 Å². The summed E-state index contributed by atoms with van der Waals surface area (Å²) in [5.41, 5.74) is 7.24. The first-order valence-corrected chi connectivity index (χ1v) is 9.06. The molecule has 0 saturated carbocycles. The largest absolute Gasteiger partial charge is 0.360 e. The summed E-state index contributed by atoms with van der Waals surface area (Å²) in [5, 5.41) is 15.7. The van der Waals surface area contributed by atoms with E-state index in [4.69, 9.17) is 24.4 Å². The van der Waals surface area contributed by atoms with Gasteiger partial charge in [0, 0.05) is 26.2 Å². The van der Waals surface area contributed by atoms with Gasteiger partial charge in [0.05, 0.1) is 11.4 Å². The average Bonchev–Trinajstić information content (AvgIpc) is 2.52. The Morgan fingerprint density at radius 3 is 1.68 bits per heavy atom. The summed E-state index contributed by atoms with van der Waals surface area (Å²) < 4.78 is 0. The van der Waals surface area contributed by atoms with Gasteiger partial charge in [0.2, 0.25) is 0 Å². The Labute approximate surface area is 162 Å². The van der Waals surface area contributed by atoms with Gasteiger partial charge in [-0.1, -0.05) is 6.92 Å². The molecule has 4 N–H and O–H groups in total. The van der Waals surface area contributed by atoms with Crippen LogP contribution in [0, 0.1) is 0 Å². The van der Waals surface area contributed by atoms with E-state index in [1.807, 2.05) is 42.0 Å². The van der Waals surface area contributed by atoms with E-state index in [1.165, 1.54) is 0 Å². The highest BCUT2D eigenvalue weighted by atomic mass is 32.1. The molecule has 0 radical (unpaired) electrons. The van der Waals surface area contributed by atoms with Crippen LogP contribution in [0.15, 0.2) is 10.2 Å². The molecule has 0 rings (SSSR count). The van der Waals surface area contributed by atoms with Crippen molar-refractivity contribution >= 4 is 46.1 Å². The molecule has 0 fully saturated rings. The van der Waals surface area contributed by atoms with Gasteiger partial charge in [-0.15, -0.1) is 0 Å². The zero-order valence-electron chi connectivity index (χ0n) is 16.1. The Hall–Kier alpha value is -1.36. The number of hydrogen-bond acceptors (Lipinski definition) is 6. The first kappa shape index (κ1) is 23.6. The van der Waals surface area contributed by atoms with Crippen LogP contribution in [-0.2, 0) is 0 Å². The smallest absolute Gasteiger partial charge is 0.187 e. The molecule has 0 amide bonds. The minimum absolute atomic E-state index is 0.491. The Bertz CT molecular complexity index is 474. The number of nitrogens with one attached hydrogen (secondary N) is 4. The highest BCUT2D eigenvalue weighted by Gasteiger charge is 2.03. The first-order chi connectivity index (χ1) is 11.8. The van der Waals surface area contributed by atoms with Gasteiger partial charge in [-0.25, -0.2) is 0 Å². The van der Waals surface area contributed by atoms with E-state index >= 15 is 0 Å². The van der Waals surface area contributed by atoms with E-state index in [9.17, 15) is 0 Å². The minimum Gasteiger partial charge on any atom is -0.360 e. The Morgan fingerprint density at radius 2 is 1.28 bits per heavy atom. The van der Waals surface area contributed by atoms with Crippen LogP contribution >= 0.6 is 24.4 Å². The van der Waals surface area contributed by atoms with Crippen molar-refractivity contribution in [1.82, 2.24) is 31.3 Å². The highest BCUT2D eigenvalue weighted by molar-refractivity contribution is 7.80. The second-order valence-electron chi connectivity index (χ2n) is 5.95. The Morgan fingerprint density at radius 1 is 0.840 bits per heavy atom.